The number of anilines is 1. The minimum Gasteiger partial charge on any atom is -0.429 e. The van der Waals surface area contributed by atoms with E-state index >= 15 is 0 Å². The molecule has 114 valence electrons. The number of rotatable bonds is 5. The minimum atomic E-state index is -3.67. The number of hydrogen-bond acceptors (Lipinski definition) is 5. The van der Waals surface area contributed by atoms with E-state index in [1.165, 1.54) is 55.5 Å². The van der Waals surface area contributed by atoms with Crippen molar-refractivity contribution in [2.24, 2.45) is 0 Å². The van der Waals surface area contributed by atoms with E-state index in [9.17, 15) is 18.0 Å². The summed E-state index contributed by atoms with van der Waals surface area (Å²) in [6.45, 7) is 1.64. The zero-order valence-electron chi connectivity index (χ0n) is 11.6. The summed E-state index contributed by atoms with van der Waals surface area (Å²) in [4.78, 5) is 21.3. The second-order valence-electron chi connectivity index (χ2n) is 4.39. The van der Waals surface area contributed by atoms with Gasteiger partial charge in [-0.1, -0.05) is 0 Å². The van der Waals surface area contributed by atoms with Gasteiger partial charge >= 0.3 is 0 Å². The summed E-state index contributed by atoms with van der Waals surface area (Å²) in [5.41, 5.74) is 0.515. The molecule has 6 nitrogen and oxygen atoms in total. The van der Waals surface area contributed by atoms with E-state index < -0.39 is 9.84 Å². The molecule has 2 aromatic rings. The average molecular weight is 319 g/mol. The first-order valence-corrected chi connectivity index (χ1v) is 7.75. The number of sulfone groups is 1. The van der Waals surface area contributed by atoms with Crippen LogP contribution in [0.25, 0.3) is 0 Å². The Morgan fingerprint density at radius 3 is 1.95 bits per heavy atom. The third-order valence-corrected chi connectivity index (χ3v) is 4.59. The first-order chi connectivity index (χ1) is 10.4. The van der Waals surface area contributed by atoms with E-state index in [4.69, 9.17) is 0 Å². The number of amides is 1. The first kappa shape index (κ1) is 15.7. The maximum absolute atomic E-state index is 12.4. The molecule has 0 spiro atoms. The van der Waals surface area contributed by atoms with Crippen LogP contribution in [0.4, 0.5) is 5.69 Å². The second kappa shape index (κ2) is 6.40. The number of benzene rings is 2. The van der Waals surface area contributed by atoms with E-state index in [2.05, 4.69) is 10.1 Å². The molecule has 0 bridgehead atoms. The lowest BCUT2D eigenvalue weighted by molar-refractivity contribution is -0.120. The Balaban J connectivity index is 2.29. The number of ether oxygens (including phenoxy) is 1. The third kappa shape index (κ3) is 3.50. The zero-order valence-corrected chi connectivity index (χ0v) is 12.5. The summed E-state index contributed by atoms with van der Waals surface area (Å²) in [5, 5.41) is 2.56. The summed E-state index contributed by atoms with van der Waals surface area (Å²) in [7, 11) is -3.67. The third-order valence-electron chi connectivity index (χ3n) is 2.80. The molecule has 0 fully saturated rings. The summed E-state index contributed by atoms with van der Waals surface area (Å²) < 4.78 is 29.5. The zero-order chi connectivity index (χ0) is 16.2. The van der Waals surface area contributed by atoms with Crippen LogP contribution in [0.2, 0.25) is 0 Å². The smallest absolute Gasteiger partial charge is 0.298 e. The molecule has 0 aliphatic heterocycles. The molecule has 0 radical (unpaired) electrons. The van der Waals surface area contributed by atoms with Gasteiger partial charge in [0.2, 0.25) is 15.7 Å². The summed E-state index contributed by atoms with van der Waals surface area (Å²) in [6.07, 6.45) is 0. The van der Waals surface area contributed by atoms with Crippen molar-refractivity contribution in [3.63, 3.8) is 0 Å². The van der Waals surface area contributed by atoms with Crippen LogP contribution in [0.15, 0.2) is 58.3 Å². The van der Waals surface area contributed by atoms with Crippen molar-refractivity contribution in [3.8, 4) is 5.75 Å². The maximum Gasteiger partial charge on any atom is 0.298 e. The van der Waals surface area contributed by atoms with Crippen LogP contribution in [-0.2, 0) is 19.4 Å². The molecule has 0 saturated carbocycles. The topological polar surface area (TPSA) is 89.5 Å². The predicted molar refractivity (Wildman–Crippen MR) is 79.3 cm³/mol. The second-order valence-corrected chi connectivity index (χ2v) is 6.34. The van der Waals surface area contributed by atoms with Gasteiger partial charge in [-0.2, -0.15) is 0 Å². The van der Waals surface area contributed by atoms with Gasteiger partial charge in [0.05, 0.1) is 9.79 Å². The fourth-order valence-corrected chi connectivity index (χ4v) is 3.07. The fraction of sp³-hybridized carbons (Fsp3) is 0.0667. The molecule has 0 saturated heterocycles. The molecule has 22 heavy (non-hydrogen) atoms. The minimum absolute atomic E-state index is 0.0815. The Morgan fingerprint density at radius 1 is 1.00 bits per heavy atom. The van der Waals surface area contributed by atoms with Crippen LogP contribution in [0.5, 0.6) is 5.75 Å². The van der Waals surface area contributed by atoms with Crippen molar-refractivity contribution in [2.75, 3.05) is 5.32 Å². The quantitative estimate of drug-likeness (QED) is 0.852. The lowest BCUT2D eigenvalue weighted by Gasteiger charge is -2.07. The largest absolute Gasteiger partial charge is 0.429 e. The molecule has 0 heterocycles. The van der Waals surface area contributed by atoms with Crippen LogP contribution < -0.4 is 10.1 Å². The fourth-order valence-electron chi connectivity index (χ4n) is 1.81. The first-order valence-electron chi connectivity index (χ1n) is 6.26. The van der Waals surface area contributed by atoms with Crippen molar-refractivity contribution in [1.29, 1.82) is 0 Å². The van der Waals surface area contributed by atoms with Crippen molar-refractivity contribution in [1.82, 2.24) is 0 Å². The Bertz CT molecular complexity index is 780. The summed E-state index contributed by atoms with van der Waals surface area (Å²) in [6, 6.07) is 11.4. The van der Waals surface area contributed by atoms with Gasteiger partial charge in [0.15, 0.2) is 0 Å². The molecular formula is C15H13NO5S. The summed E-state index contributed by atoms with van der Waals surface area (Å²) >= 11 is 0. The standard InChI is InChI=1S/C15H13NO5S/c1-11(18)16-12-2-6-14(7-3-12)22(19,20)15-8-4-13(5-9-15)21-10-17/h2-10H,1H3,(H,16,18). The van der Waals surface area contributed by atoms with Gasteiger partial charge in [0, 0.05) is 12.6 Å². The van der Waals surface area contributed by atoms with Gasteiger partial charge < -0.3 is 10.1 Å². The van der Waals surface area contributed by atoms with Gasteiger partial charge in [-0.05, 0) is 48.5 Å². The molecule has 1 amide bonds. The normalized spacial score (nSPS) is 10.8. The number of hydrogen-bond donors (Lipinski definition) is 1. The number of carbonyl (C=O) groups excluding carboxylic acids is 2. The van der Waals surface area contributed by atoms with E-state index in [-0.39, 0.29) is 27.9 Å². The lowest BCUT2D eigenvalue weighted by atomic mass is 10.3. The van der Waals surface area contributed by atoms with E-state index in [0.29, 0.717) is 5.69 Å². The number of carbonyl (C=O) groups is 2. The molecule has 0 unspecified atom stereocenters. The van der Waals surface area contributed by atoms with Gasteiger partial charge in [0.1, 0.15) is 5.75 Å². The molecule has 1 N–H and O–H groups in total. The van der Waals surface area contributed by atoms with Gasteiger partial charge in [-0.3, -0.25) is 9.59 Å². The number of nitrogens with one attached hydrogen (secondary N) is 1. The van der Waals surface area contributed by atoms with Crippen molar-refractivity contribution in [3.05, 3.63) is 48.5 Å². The molecule has 0 aliphatic carbocycles. The van der Waals surface area contributed by atoms with Crippen LogP contribution in [-0.4, -0.2) is 20.8 Å². The van der Waals surface area contributed by atoms with E-state index in [1.54, 1.807) is 0 Å². The van der Waals surface area contributed by atoms with Gasteiger partial charge in [-0.15, -0.1) is 0 Å². The lowest BCUT2D eigenvalue weighted by Crippen LogP contribution is -2.06. The van der Waals surface area contributed by atoms with Gasteiger partial charge in [0.25, 0.3) is 6.47 Å². The highest BCUT2D eigenvalue weighted by molar-refractivity contribution is 7.91. The molecule has 7 heteroatoms. The van der Waals surface area contributed by atoms with Crippen molar-refractivity contribution in [2.45, 2.75) is 16.7 Å². The van der Waals surface area contributed by atoms with Crippen LogP contribution in [0.1, 0.15) is 6.92 Å². The Hall–Kier alpha value is -2.67. The van der Waals surface area contributed by atoms with Crippen molar-refractivity contribution >= 4 is 27.9 Å². The molecular weight excluding hydrogens is 306 g/mol. The summed E-state index contributed by atoms with van der Waals surface area (Å²) in [5.74, 6) is 0.0244. The monoisotopic (exact) mass is 319 g/mol. The van der Waals surface area contributed by atoms with Gasteiger partial charge in [-0.25, -0.2) is 8.42 Å². The van der Waals surface area contributed by atoms with Crippen LogP contribution >= 0.6 is 0 Å². The van der Waals surface area contributed by atoms with E-state index in [1.807, 2.05) is 0 Å². The average Bonchev–Trinajstić information content (AvgIpc) is 2.48. The SMILES string of the molecule is CC(=O)Nc1ccc(S(=O)(=O)c2ccc(OC=O)cc2)cc1. The maximum atomic E-state index is 12.4. The highest BCUT2D eigenvalue weighted by Gasteiger charge is 2.17. The van der Waals surface area contributed by atoms with Crippen molar-refractivity contribution < 1.29 is 22.7 Å². The van der Waals surface area contributed by atoms with E-state index in [0.717, 1.165) is 0 Å². The van der Waals surface area contributed by atoms with Crippen LogP contribution in [0.3, 0.4) is 0 Å². The molecule has 2 rings (SSSR count). The highest BCUT2D eigenvalue weighted by Crippen LogP contribution is 2.24. The highest BCUT2D eigenvalue weighted by atomic mass is 32.2. The molecule has 2 aromatic carbocycles. The molecule has 0 aliphatic rings. The Morgan fingerprint density at radius 2 is 1.50 bits per heavy atom. The Kier molecular flexibility index (Phi) is 4.57. The molecule has 0 atom stereocenters. The molecule has 0 aromatic heterocycles. The predicted octanol–water partition coefficient (Wildman–Crippen LogP) is 2.01. The van der Waals surface area contributed by atoms with Crippen LogP contribution in [0, 0.1) is 0 Å². The Labute approximate surface area is 127 Å².